The highest BCUT2D eigenvalue weighted by Crippen LogP contribution is 2.36. The average molecular weight is 623 g/mol. The largest absolute Gasteiger partial charge is 0.354 e. The van der Waals surface area contributed by atoms with E-state index in [-0.39, 0.29) is 0 Å². The van der Waals surface area contributed by atoms with Gasteiger partial charge in [-0.25, -0.2) is 9.97 Å². The molecule has 5 aromatic rings. The van der Waals surface area contributed by atoms with Crippen molar-refractivity contribution in [2.24, 2.45) is 0 Å². The van der Waals surface area contributed by atoms with Crippen molar-refractivity contribution in [1.29, 1.82) is 0 Å². The standard InChI is InChI=1S/C44H38N4/c1-5-8-16-29(4)41-33-21-23-35(45-33)42(30(7-3)15-6-2)36-25-26-38(47-36)44(32-19-13-10-14-20-32)40-28-27-39(48-40)43(31-17-11-9-12-18-31)37-24-22-34(41)46-37/h5-28,45,48H,1-4H3/b8-5-,15-6-,29-16+,30-7+,41-33?,41-34?,42-35?,42-36?,43-37?,43-39?,44-38?,44-40?. The summed E-state index contributed by atoms with van der Waals surface area (Å²) in [6.07, 6.45) is 21.2. The molecule has 7 rings (SSSR count). The van der Waals surface area contributed by atoms with Crippen LogP contribution in [0.2, 0.25) is 0 Å². The Morgan fingerprint density at radius 3 is 1.54 bits per heavy atom. The van der Waals surface area contributed by atoms with Gasteiger partial charge in [0.15, 0.2) is 0 Å². The lowest BCUT2D eigenvalue weighted by Gasteiger charge is -2.07. The summed E-state index contributed by atoms with van der Waals surface area (Å²) in [5, 5.41) is 0. The second-order valence-electron chi connectivity index (χ2n) is 11.9. The number of fused-ring (bicyclic) bond motifs is 8. The summed E-state index contributed by atoms with van der Waals surface area (Å²) in [4.78, 5) is 18.3. The Morgan fingerprint density at radius 1 is 0.542 bits per heavy atom. The molecule has 0 fully saturated rings. The van der Waals surface area contributed by atoms with Gasteiger partial charge >= 0.3 is 0 Å². The van der Waals surface area contributed by atoms with Crippen LogP contribution in [0.1, 0.15) is 61.6 Å². The van der Waals surface area contributed by atoms with Crippen LogP contribution in [0.25, 0.3) is 79.8 Å². The normalized spacial score (nSPS) is 13.3. The van der Waals surface area contributed by atoms with Crippen molar-refractivity contribution >= 4 is 57.5 Å². The number of nitrogens with one attached hydrogen (secondary N) is 2. The maximum atomic E-state index is 5.35. The lowest BCUT2D eigenvalue weighted by atomic mass is 10.0. The SMILES string of the molecule is C/C=C\C=C(/C)c1c2nc(c(-c3ccccc3)c3ccc([nH]3)c(-c3ccccc3)c3nc(c(C(/C=C\C)=C/C)c4ccc1[nH]4)C=C3)C=C2. The van der Waals surface area contributed by atoms with Crippen LogP contribution in [0, 0.1) is 0 Å². The summed E-state index contributed by atoms with van der Waals surface area (Å²) >= 11 is 0. The molecule has 2 N–H and O–H groups in total. The molecule has 4 nitrogen and oxygen atoms in total. The molecule has 8 bridgehead atoms. The summed E-state index contributed by atoms with van der Waals surface area (Å²) in [6.45, 7) is 8.31. The minimum absolute atomic E-state index is 0.907. The maximum absolute atomic E-state index is 5.35. The Kier molecular flexibility index (Phi) is 8.55. The van der Waals surface area contributed by atoms with E-state index in [1.807, 2.05) is 32.1 Å². The predicted molar refractivity (Wildman–Crippen MR) is 207 cm³/mol. The van der Waals surface area contributed by atoms with E-state index in [0.29, 0.717) is 0 Å². The molecule has 0 spiro atoms. The van der Waals surface area contributed by atoms with Gasteiger partial charge in [0.25, 0.3) is 0 Å². The first-order chi connectivity index (χ1) is 23.6. The molecular formula is C44H38N4. The molecule has 0 saturated heterocycles. The van der Waals surface area contributed by atoms with Crippen LogP contribution < -0.4 is 0 Å². The third-order valence-electron chi connectivity index (χ3n) is 8.76. The topological polar surface area (TPSA) is 57.4 Å². The van der Waals surface area contributed by atoms with Crippen molar-refractivity contribution in [3.63, 3.8) is 0 Å². The summed E-state index contributed by atoms with van der Waals surface area (Å²) in [5.74, 6) is 0. The van der Waals surface area contributed by atoms with E-state index in [4.69, 9.17) is 9.97 Å². The fourth-order valence-electron chi connectivity index (χ4n) is 6.57. The highest BCUT2D eigenvalue weighted by atomic mass is 14.8. The molecule has 2 aliphatic heterocycles. The summed E-state index contributed by atoms with van der Waals surface area (Å²) in [5.41, 5.74) is 16.2. The van der Waals surface area contributed by atoms with Crippen molar-refractivity contribution in [3.05, 3.63) is 155 Å². The first-order valence-corrected chi connectivity index (χ1v) is 16.5. The van der Waals surface area contributed by atoms with Crippen molar-refractivity contribution in [3.8, 4) is 22.3 Å². The van der Waals surface area contributed by atoms with Gasteiger partial charge in [0.2, 0.25) is 0 Å². The number of aromatic nitrogens is 4. The molecule has 48 heavy (non-hydrogen) atoms. The van der Waals surface area contributed by atoms with Crippen molar-refractivity contribution < 1.29 is 0 Å². The van der Waals surface area contributed by atoms with Crippen LogP contribution in [0.15, 0.2) is 121 Å². The summed E-state index contributed by atoms with van der Waals surface area (Å²) in [6, 6.07) is 29.7. The lowest BCUT2D eigenvalue weighted by molar-refractivity contribution is 1.29. The van der Waals surface area contributed by atoms with Gasteiger partial charge in [-0.05, 0) is 98.5 Å². The first kappa shape index (κ1) is 30.6. The van der Waals surface area contributed by atoms with Gasteiger partial charge in [-0.15, -0.1) is 0 Å². The lowest BCUT2D eigenvalue weighted by Crippen LogP contribution is -1.91. The van der Waals surface area contributed by atoms with Gasteiger partial charge in [0.1, 0.15) is 0 Å². The third kappa shape index (κ3) is 5.73. The quantitative estimate of drug-likeness (QED) is 0.181. The van der Waals surface area contributed by atoms with Crippen LogP contribution in [-0.2, 0) is 0 Å². The van der Waals surface area contributed by atoms with Gasteiger partial charge in [-0.3, -0.25) is 0 Å². The number of hydrogen-bond acceptors (Lipinski definition) is 2. The Morgan fingerprint density at radius 2 is 1.02 bits per heavy atom. The number of H-pyrrole nitrogens is 2. The number of benzene rings is 2. The van der Waals surface area contributed by atoms with Crippen LogP contribution in [0.4, 0.5) is 0 Å². The molecule has 0 aliphatic carbocycles. The van der Waals surface area contributed by atoms with Crippen LogP contribution in [0.5, 0.6) is 0 Å². The van der Waals surface area contributed by atoms with E-state index in [1.165, 1.54) is 0 Å². The Bertz CT molecular complexity index is 2360. The number of rotatable bonds is 6. The monoisotopic (exact) mass is 622 g/mol. The second-order valence-corrected chi connectivity index (χ2v) is 11.9. The fraction of sp³-hybridized carbons (Fsp3) is 0.0909. The fourth-order valence-corrected chi connectivity index (χ4v) is 6.57. The number of nitrogens with zero attached hydrogens (tertiary/aromatic N) is 2. The molecule has 2 aliphatic rings. The first-order valence-electron chi connectivity index (χ1n) is 16.5. The van der Waals surface area contributed by atoms with E-state index >= 15 is 0 Å². The van der Waals surface area contributed by atoms with E-state index < -0.39 is 0 Å². The molecule has 0 saturated carbocycles. The zero-order valence-corrected chi connectivity index (χ0v) is 27.8. The van der Waals surface area contributed by atoms with Crippen molar-refractivity contribution in [2.75, 3.05) is 0 Å². The number of allylic oxidation sites excluding steroid dienone is 8. The molecule has 0 radical (unpaired) electrons. The highest BCUT2D eigenvalue weighted by Gasteiger charge is 2.18. The zero-order chi connectivity index (χ0) is 33.0. The van der Waals surface area contributed by atoms with Gasteiger partial charge < -0.3 is 9.97 Å². The van der Waals surface area contributed by atoms with E-state index in [2.05, 4.69) is 151 Å². The molecule has 3 aromatic heterocycles. The predicted octanol–water partition coefficient (Wildman–Crippen LogP) is 11.9. The van der Waals surface area contributed by atoms with Gasteiger partial charge in [0.05, 0.1) is 22.8 Å². The number of aromatic amines is 2. The molecular weight excluding hydrogens is 585 g/mol. The minimum atomic E-state index is 0.907. The zero-order valence-electron chi connectivity index (χ0n) is 27.8. The summed E-state index contributed by atoms with van der Waals surface area (Å²) in [7, 11) is 0. The van der Waals surface area contributed by atoms with Gasteiger partial charge in [0, 0.05) is 44.3 Å². The maximum Gasteiger partial charge on any atom is 0.0737 e. The van der Waals surface area contributed by atoms with Crippen LogP contribution >= 0.6 is 0 Å². The molecule has 2 aromatic carbocycles. The van der Waals surface area contributed by atoms with Gasteiger partial charge in [-0.2, -0.15) is 0 Å². The Hall–Kier alpha value is -6.00. The smallest absolute Gasteiger partial charge is 0.0737 e. The van der Waals surface area contributed by atoms with Crippen molar-refractivity contribution in [1.82, 2.24) is 19.9 Å². The molecule has 0 atom stereocenters. The summed E-state index contributed by atoms with van der Waals surface area (Å²) < 4.78 is 0. The average Bonchev–Trinajstić information content (AvgIpc) is 3.95. The van der Waals surface area contributed by atoms with Gasteiger partial charge in [-0.1, -0.05) is 97.1 Å². The molecule has 0 amide bonds. The molecule has 234 valence electrons. The third-order valence-corrected chi connectivity index (χ3v) is 8.76. The Balaban J connectivity index is 1.71. The van der Waals surface area contributed by atoms with Crippen LogP contribution in [-0.4, -0.2) is 19.9 Å². The molecule has 0 unspecified atom stereocenters. The highest BCUT2D eigenvalue weighted by molar-refractivity contribution is 5.98. The van der Waals surface area contributed by atoms with Crippen LogP contribution in [0.3, 0.4) is 0 Å². The number of hydrogen-bond donors (Lipinski definition) is 2. The minimum Gasteiger partial charge on any atom is -0.354 e. The molecule has 4 heteroatoms. The molecule has 5 heterocycles. The van der Waals surface area contributed by atoms with E-state index in [1.54, 1.807) is 0 Å². The van der Waals surface area contributed by atoms with E-state index in [0.717, 1.165) is 89.4 Å². The Labute approximate surface area is 282 Å². The van der Waals surface area contributed by atoms with E-state index in [9.17, 15) is 0 Å². The van der Waals surface area contributed by atoms with Crippen molar-refractivity contribution in [2.45, 2.75) is 27.7 Å². The second kappa shape index (κ2) is 13.4.